The molecule has 0 saturated carbocycles. The van der Waals surface area contributed by atoms with Crippen LogP contribution in [0.4, 0.5) is 18.9 Å². The van der Waals surface area contributed by atoms with Crippen LogP contribution in [0.2, 0.25) is 0 Å². The van der Waals surface area contributed by atoms with Crippen molar-refractivity contribution in [1.29, 1.82) is 0 Å². The number of aryl methyl sites for hydroxylation is 1. The molecule has 4 rings (SSSR count). The minimum atomic E-state index is -4.89. The van der Waals surface area contributed by atoms with Gasteiger partial charge in [0.15, 0.2) is 17.3 Å². The highest BCUT2D eigenvalue weighted by Gasteiger charge is 2.41. The number of methoxy groups -OCH3 is 1. The zero-order chi connectivity index (χ0) is 22.9. The fourth-order valence-electron chi connectivity index (χ4n) is 2.90. The summed E-state index contributed by atoms with van der Waals surface area (Å²) in [5.41, 5.74) is -1.15. The number of rotatable bonds is 5. The number of halogens is 3. The number of hydrogen-bond donors (Lipinski definition) is 1. The highest BCUT2D eigenvalue weighted by Crippen LogP contribution is 2.34. The normalized spacial score (nSPS) is 11.4. The smallest absolute Gasteiger partial charge is 0.434 e. The van der Waals surface area contributed by atoms with Gasteiger partial charge in [-0.1, -0.05) is 12.1 Å². The number of alkyl halides is 3. The van der Waals surface area contributed by atoms with E-state index in [0.717, 1.165) is 6.20 Å². The molecular weight excluding hydrogens is 431 g/mol. The molecule has 164 valence electrons. The maximum absolute atomic E-state index is 13.8. The van der Waals surface area contributed by atoms with Gasteiger partial charge in [-0.2, -0.15) is 18.3 Å². The Morgan fingerprint density at radius 3 is 2.56 bits per heavy atom. The van der Waals surface area contributed by atoms with E-state index in [2.05, 4.69) is 36.1 Å². The summed E-state index contributed by atoms with van der Waals surface area (Å²) in [6, 6.07) is 8.95. The maximum Gasteiger partial charge on any atom is 0.434 e. The first-order valence-corrected chi connectivity index (χ1v) is 8.95. The summed E-state index contributed by atoms with van der Waals surface area (Å²) in [6.45, 7) is 0. The second-order valence-electron chi connectivity index (χ2n) is 6.41. The Balaban J connectivity index is 1.67. The van der Waals surface area contributed by atoms with Crippen molar-refractivity contribution < 1.29 is 22.7 Å². The van der Waals surface area contributed by atoms with Crippen LogP contribution in [0.1, 0.15) is 16.1 Å². The van der Waals surface area contributed by atoms with Crippen molar-refractivity contribution in [2.75, 3.05) is 12.4 Å². The number of nitrogens with zero attached hydrogens (tertiary/aromatic N) is 8. The largest absolute Gasteiger partial charge is 0.480 e. The third-order valence-electron chi connectivity index (χ3n) is 4.33. The SMILES string of the molecule is COc1ccc(-n2ncc(C(=O)Nc3cccc(-c4nnnn4C)c3)c2C(F)(F)F)nn1. The molecule has 1 aromatic carbocycles. The predicted molar refractivity (Wildman–Crippen MR) is 103 cm³/mol. The van der Waals surface area contributed by atoms with Gasteiger partial charge < -0.3 is 10.1 Å². The number of benzene rings is 1. The van der Waals surface area contributed by atoms with Crippen molar-refractivity contribution >= 4 is 11.6 Å². The molecule has 1 N–H and O–H groups in total. The summed E-state index contributed by atoms with van der Waals surface area (Å²) < 4.78 is 48.3. The van der Waals surface area contributed by atoms with Gasteiger partial charge in [0.2, 0.25) is 5.88 Å². The Labute approximate surface area is 177 Å². The lowest BCUT2D eigenvalue weighted by atomic mass is 10.1. The number of hydrogen-bond acceptors (Lipinski definition) is 8. The summed E-state index contributed by atoms with van der Waals surface area (Å²) in [4.78, 5) is 12.7. The summed E-state index contributed by atoms with van der Waals surface area (Å²) in [5.74, 6) is -0.694. The molecule has 0 fully saturated rings. The zero-order valence-corrected chi connectivity index (χ0v) is 16.6. The van der Waals surface area contributed by atoms with Crippen LogP contribution in [0.3, 0.4) is 0 Å². The molecule has 0 atom stereocenters. The Bertz CT molecular complexity index is 1270. The minimum absolute atomic E-state index is 0.116. The lowest BCUT2D eigenvalue weighted by Gasteiger charge is -2.12. The number of anilines is 1. The number of carbonyl (C=O) groups excluding carboxylic acids is 1. The van der Waals surface area contributed by atoms with Gasteiger partial charge in [-0.05, 0) is 28.6 Å². The number of amides is 1. The van der Waals surface area contributed by atoms with Gasteiger partial charge >= 0.3 is 6.18 Å². The van der Waals surface area contributed by atoms with E-state index in [4.69, 9.17) is 4.74 Å². The van der Waals surface area contributed by atoms with Crippen molar-refractivity contribution in [3.05, 3.63) is 53.9 Å². The van der Waals surface area contributed by atoms with E-state index in [1.807, 2.05) is 0 Å². The van der Waals surface area contributed by atoms with Crippen molar-refractivity contribution in [3.8, 4) is 23.1 Å². The van der Waals surface area contributed by atoms with Crippen molar-refractivity contribution in [3.63, 3.8) is 0 Å². The van der Waals surface area contributed by atoms with E-state index >= 15 is 0 Å². The van der Waals surface area contributed by atoms with Gasteiger partial charge in [-0.3, -0.25) is 4.79 Å². The number of carbonyl (C=O) groups is 1. The average molecular weight is 445 g/mol. The molecule has 11 nitrogen and oxygen atoms in total. The molecule has 14 heteroatoms. The molecule has 4 aromatic rings. The average Bonchev–Trinajstić information content (AvgIpc) is 3.40. The van der Waals surface area contributed by atoms with E-state index in [0.29, 0.717) is 16.1 Å². The predicted octanol–water partition coefficient (Wildman–Crippen LogP) is 2.13. The van der Waals surface area contributed by atoms with E-state index in [9.17, 15) is 18.0 Å². The quantitative estimate of drug-likeness (QED) is 0.495. The van der Waals surface area contributed by atoms with Crippen molar-refractivity contribution in [1.82, 2.24) is 40.2 Å². The second-order valence-corrected chi connectivity index (χ2v) is 6.41. The maximum atomic E-state index is 13.8. The number of ether oxygens (including phenoxy) is 1. The van der Waals surface area contributed by atoms with Gasteiger partial charge in [-0.15, -0.1) is 15.3 Å². The molecule has 0 bridgehead atoms. The minimum Gasteiger partial charge on any atom is -0.480 e. The molecule has 1 amide bonds. The van der Waals surface area contributed by atoms with Gasteiger partial charge in [0.1, 0.15) is 0 Å². The van der Waals surface area contributed by atoms with Crippen LogP contribution in [-0.2, 0) is 13.2 Å². The molecule has 0 aliphatic heterocycles. The first kappa shape index (κ1) is 20.9. The fourth-order valence-corrected chi connectivity index (χ4v) is 2.90. The molecule has 0 spiro atoms. The Hall–Kier alpha value is -4.36. The standard InChI is InChI=1S/C18H14F3N9O2/c1-29-16(26-27-28-29)10-4-3-5-11(8-10)23-17(31)12-9-22-30(15(12)18(19,20)21)13-6-7-14(32-2)25-24-13/h3-9H,1-2H3,(H,23,31). The fraction of sp³-hybridized carbons (Fsp3) is 0.167. The zero-order valence-electron chi connectivity index (χ0n) is 16.6. The Kier molecular flexibility index (Phi) is 5.26. The molecule has 0 radical (unpaired) electrons. The van der Waals surface area contributed by atoms with Crippen LogP contribution in [0.15, 0.2) is 42.6 Å². The molecule has 0 unspecified atom stereocenters. The van der Waals surface area contributed by atoms with Crippen LogP contribution >= 0.6 is 0 Å². The third kappa shape index (κ3) is 3.97. The van der Waals surface area contributed by atoms with Crippen LogP contribution in [0.25, 0.3) is 17.2 Å². The van der Waals surface area contributed by atoms with Crippen molar-refractivity contribution in [2.24, 2.45) is 7.05 Å². The molecule has 3 aromatic heterocycles. The van der Waals surface area contributed by atoms with Gasteiger partial charge in [-0.25, -0.2) is 9.36 Å². The first-order chi connectivity index (χ1) is 15.3. The highest BCUT2D eigenvalue weighted by molar-refractivity contribution is 6.05. The molecular formula is C18H14F3N9O2. The summed E-state index contributed by atoms with van der Waals surface area (Å²) >= 11 is 0. The second kappa shape index (κ2) is 8.05. The lowest BCUT2D eigenvalue weighted by Crippen LogP contribution is -2.21. The van der Waals surface area contributed by atoms with E-state index in [1.54, 1.807) is 19.2 Å². The highest BCUT2D eigenvalue weighted by atomic mass is 19.4. The third-order valence-corrected chi connectivity index (χ3v) is 4.33. The summed E-state index contributed by atoms with van der Waals surface area (Å²) in [5, 5.41) is 24.6. The van der Waals surface area contributed by atoms with Crippen LogP contribution in [0, 0.1) is 0 Å². The summed E-state index contributed by atoms with van der Waals surface area (Å²) in [7, 11) is 2.98. The van der Waals surface area contributed by atoms with Crippen LogP contribution in [-0.4, -0.2) is 53.2 Å². The van der Waals surface area contributed by atoms with Gasteiger partial charge in [0.05, 0.1) is 18.9 Å². The van der Waals surface area contributed by atoms with Gasteiger partial charge in [0.25, 0.3) is 5.91 Å². The topological polar surface area (TPSA) is 126 Å². The monoisotopic (exact) mass is 445 g/mol. The van der Waals surface area contributed by atoms with Gasteiger partial charge in [0, 0.05) is 24.4 Å². The molecule has 0 saturated heterocycles. The Morgan fingerprint density at radius 1 is 1.12 bits per heavy atom. The van der Waals surface area contributed by atoms with Crippen LogP contribution < -0.4 is 10.1 Å². The van der Waals surface area contributed by atoms with Crippen molar-refractivity contribution in [2.45, 2.75) is 6.18 Å². The molecule has 3 heterocycles. The Morgan fingerprint density at radius 2 is 1.94 bits per heavy atom. The van der Waals surface area contributed by atoms with E-state index in [-0.39, 0.29) is 17.4 Å². The molecule has 32 heavy (non-hydrogen) atoms. The van der Waals surface area contributed by atoms with E-state index < -0.39 is 23.3 Å². The number of tetrazole rings is 1. The molecule has 0 aliphatic carbocycles. The van der Waals surface area contributed by atoms with E-state index in [1.165, 1.54) is 36.1 Å². The lowest BCUT2D eigenvalue weighted by molar-refractivity contribution is -0.143. The first-order valence-electron chi connectivity index (χ1n) is 8.95. The summed E-state index contributed by atoms with van der Waals surface area (Å²) in [6.07, 6.45) is -4.07. The number of aromatic nitrogens is 8. The van der Waals surface area contributed by atoms with Crippen LogP contribution in [0.5, 0.6) is 5.88 Å². The molecule has 0 aliphatic rings. The number of nitrogens with one attached hydrogen (secondary N) is 1.